The number of hydrogen-bond donors (Lipinski definition) is 2. The van der Waals surface area contributed by atoms with Crippen LogP contribution in [0.1, 0.15) is 65.7 Å². The molecule has 4 heteroatoms. The fourth-order valence-electron chi connectivity index (χ4n) is 4.05. The summed E-state index contributed by atoms with van der Waals surface area (Å²) in [7, 11) is 0. The topological polar surface area (TPSA) is 55.1 Å². The molecule has 3 nitrogen and oxygen atoms in total. The van der Waals surface area contributed by atoms with Gasteiger partial charge in [0, 0.05) is 10.9 Å². The highest BCUT2D eigenvalue weighted by molar-refractivity contribution is 7.16. The highest BCUT2D eigenvalue weighted by atomic mass is 32.1. The minimum Gasteiger partial charge on any atom is -0.390 e. The van der Waals surface area contributed by atoms with E-state index in [4.69, 9.17) is 5.73 Å². The molecule has 1 spiro atoms. The molecule has 20 heavy (non-hydrogen) atoms. The van der Waals surface area contributed by atoms with Crippen molar-refractivity contribution in [2.45, 2.75) is 63.8 Å². The molecule has 0 saturated heterocycles. The van der Waals surface area contributed by atoms with Crippen LogP contribution in [0.25, 0.3) is 0 Å². The lowest BCUT2D eigenvalue weighted by Crippen LogP contribution is -2.29. The summed E-state index contributed by atoms with van der Waals surface area (Å²) in [5.74, 6) is 0.0740. The van der Waals surface area contributed by atoms with Gasteiger partial charge in [-0.2, -0.15) is 0 Å². The molecular weight excluding hydrogens is 268 g/mol. The van der Waals surface area contributed by atoms with Gasteiger partial charge in [-0.15, -0.1) is 11.3 Å². The van der Waals surface area contributed by atoms with E-state index in [1.165, 1.54) is 42.5 Å². The van der Waals surface area contributed by atoms with Crippen molar-refractivity contribution in [3.8, 4) is 0 Å². The lowest BCUT2D eigenvalue weighted by Gasteiger charge is -2.33. The standard InChI is InChI=1S/C16H22N2OS/c17-14-13(15(19)18-10-3-4-10)11-5-8-16(6-1-2-7-16)9-12(11)20-14/h10H,1-9,17H2,(H,18,19). The molecule has 2 saturated carbocycles. The van der Waals surface area contributed by atoms with Crippen molar-refractivity contribution in [2.24, 2.45) is 5.41 Å². The molecule has 1 aromatic heterocycles. The zero-order valence-electron chi connectivity index (χ0n) is 11.8. The fourth-order valence-corrected chi connectivity index (χ4v) is 5.33. The van der Waals surface area contributed by atoms with Crippen molar-refractivity contribution >= 4 is 22.2 Å². The Hall–Kier alpha value is -1.03. The molecule has 4 rings (SSSR count). The van der Waals surface area contributed by atoms with Crippen LogP contribution in [-0.4, -0.2) is 11.9 Å². The van der Waals surface area contributed by atoms with Gasteiger partial charge in [-0.3, -0.25) is 4.79 Å². The molecule has 2 fully saturated rings. The summed E-state index contributed by atoms with van der Waals surface area (Å²) in [5, 5.41) is 3.84. The minimum absolute atomic E-state index is 0.0740. The third-order valence-electron chi connectivity index (χ3n) is 5.36. The van der Waals surface area contributed by atoms with Crippen LogP contribution < -0.4 is 11.1 Å². The lowest BCUT2D eigenvalue weighted by atomic mass is 9.72. The van der Waals surface area contributed by atoms with Gasteiger partial charge in [0.1, 0.15) is 0 Å². The maximum atomic E-state index is 12.4. The number of hydrogen-bond acceptors (Lipinski definition) is 3. The van der Waals surface area contributed by atoms with Crippen molar-refractivity contribution in [3.63, 3.8) is 0 Å². The number of nitrogens with two attached hydrogens (primary N) is 1. The van der Waals surface area contributed by atoms with E-state index in [0.717, 1.165) is 36.2 Å². The average Bonchev–Trinajstić information content (AvgIpc) is 3.01. The number of amides is 1. The Kier molecular flexibility index (Phi) is 2.85. The van der Waals surface area contributed by atoms with Gasteiger partial charge in [-0.25, -0.2) is 0 Å². The van der Waals surface area contributed by atoms with Gasteiger partial charge in [-0.05, 0) is 55.9 Å². The molecule has 108 valence electrons. The number of fused-ring (bicyclic) bond motifs is 1. The molecule has 3 aliphatic carbocycles. The molecule has 0 atom stereocenters. The number of nitrogen functional groups attached to an aromatic ring is 1. The van der Waals surface area contributed by atoms with Gasteiger partial charge >= 0.3 is 0 Å². The molecule has 0 radical (unpaired) electrons. The molecule has 0 unspecified atom stereocenters. The molecule has 0 aliphatic heterocycles. The molecule has 1 aromatic rings. The highest BCUT2D eigenvalue weighted by Crippen LogP contribution is 2.50. The maximum absolute atomic E-state index is 12.4. The van der Waals surface area contributed by atoms with Crippen LogP contribution in [-0.2, 0) is 12.8 Å². The van der Waals surface area contributed by atoms with Crippen LogP contribution in [0.15, 0.2) is 0 Å². The van der Waals surface area contributed by atoms with Gasteiger partial charge in [0.25, 0.3) is 5.91 Å². The fraction of sp³-hybridized carbons (Fsp3) is 0.688. The van der Waals surface area contributed by atoms with E-state index in [2.05, 4.69) is 5.32 Å². The van der Waals surface area contributed by atoms with Crippen molar-refractivity contribution in [3.05, 3.63) is 16.0 Å². The highest BCUT2D eigenvalue weighted by Gasteiger charge is 2.40. The smallest absolute Gasteiger partial charge is 0.254 e. The Bertz CT molecular complexity index is 553. The molecule has 0 aromatic carbocycles. The maximum Gasteiger partial charge on any atom is 0.254 e. The summed E-state index contributed by atoms with van der Waals surface area (Å²) in [6.07, 6.45) is 11.2. The predicted octanol–water partition coefficient (Wildman–Crippen LogP) is 3.27. The van der Waals surface area contributed by atoms with Gasteiger partial charge in [0.05, 0.1) is 10.6 Å². The normalized spacial score (nSPS) is 23.8. The van der Waals surface area contributed by atoms with Crippen LogP contribution in [0.5, 0.6) is 0 Å². The summed E-state index contributed by atoms with van der Waals surface area (Å²) in [6, 6.07) is 0.405. The molecule has 3 N–H and O–H groups in total. The monoisotopic (exact) mass is 290 g/mol. The van der Waals surface area contributed by atoms with Crippen molar-refractivity contribution < 1.29 is 4.79 Å². The predicted molar refractivity (Wildman–Crippen MR) is 82.1 cm³/mol. The Morgan fingerprint density at radius 3 is 2.70 bits per heavy atom. The van der Waals surface area contributed by atoms with E-state index in [9.17, 15) is 4.79 Å². The van der Waals surface area contributed by atoms with Crippen molar-refractivity contribution in [1.29, 1.82) is 0 Å². The third-order valence-corrected chi connectivity index (χ3v) is 6.42. The summed E-state index contributed by atoms with van der Waals surface area (Å²) in [5.41, 5.74) is 8.78. The second-order valence-corrected chi connectivity index (χ2v) is 8.01. The first-order chi connectivity index (χ1) is 9.67. The first kappa shape index (κ1) is 12.7. The Labute approximate surface area is 123 Å². The summed E-state index contributed by atoms with van der Waals surface area (Å²) in [6.45, 7) is 0. The van der Waals surface area contributed by atoms with Crippen LogP contribution in [0.4, 0.5) is 5.00 Å². The third kappa shape index (κ3) is 2.05. The number of thiophene rings is 1. The molecule has 1 amide bonds. The van der Waals surface area contributed by atoms with Crippen LogP contribution in [0.2, 0.25) is 0 Å². The largest absolute Gasteiger partial charge is 0.390 e. The summed E-state index contributed by atoms with van der Waals surface area (Å²) < 4.78 is 0. The quantitative estimate of drug-likeness (QED) is 0.878. The van der Waals surface area contributed by atoms with E-state index in [0.29, 0.717) is 11.5 Å². The number of rotatable bonds is 2. The zero-order valence-corrected chi connectivity index (χ0v) is 12.7. The number of carbonyl (C=O) groups excluding carboxylic acids is 1. The zero-order chi connectivity index (χ0) is 13.7. The molecule has 1 heterocycles. The number of carbonyl (C=O) groups is 1. The first-order valence-electron chi connectivity index (χ1n) is 7.88. The first-order valence-corrected chi connectivity index (χ1v) is 8.69. The van der Waals surface area contributed by atoms with Crippen LogP contribution in [0, 0.1) is 5.41 Å². The summed E-state index contributed by atoms with van der Waals surface area (Å²) >= 11 is 1.67. The SMILES string of the molecule is Nc1sc2c(c1C(=O)NC1CC1)CCC1(CCCC1)C2. The van der Waals surface area contributed by atoms with E-state index in [1.807, 2.05) is 0 Å². The number of nitrogens with one attached hydrogen (secondary N) is 1. The molecular formula is C16H22N2OS. The van der Waals surface area contributed by atoms with Gasteiger partial charge < -0.3 is 11.1 Å². The van der Waals surface area contributed by atoms with Gasteiger partial charge in [0.2, 0.25) is 0 Å². The Morgan fingerprint density at radius 2 is 2.00 bits per heavy atom. The number of anilines is 1. The second-order valence-electron chi connectivity index (χ2n) is 6.87. The second kappa shape index (κ2) is 4.48. The van der Waals surface area contributed by atoms with Crippen molar-refractivity contribution in [2.75, 3.05) is 5.73 Å². The van der Waals surface area contributed by atoms with E-state index < -0.39 is 0 Å². The lowest BCUT2D eigenvalue weighted by molar-refractivity contribution is 0.0950. The van der Waals surface area contributed by atoms with E-state index in [-0.39, 0.29) is 5.91 Å². The van der Waals surface area contributed by atoms with Gasteiger partial charge in [-0.1, -0.05) is 12.8 Å². The van der Waals surface area contributed by atoms with E-state index in [1.54, 1.807) is 11.3 Å². The molecule has 3 aliphatic rings. The van der Waals surface area contributed by atoms with Gasteiger partial charge in [0.15, 0.2) is 0 Å². The van der Waals surface area contributed by atoms with Crippen LogP contribution >= 0.6 is 11.3 Å². The average molecular weight is 290 g/mol. The summed E-state index contributed by atoms with van der Waals surface area (Å²) in [4.78, 5) is 13.8. The van der Waals surface area contributed by atoms with E-state index >= 15 is 0 Å². The Morgan fingerprint density at radius 1 is 1.25 bits per heavy atom. The van der Waals surface area contributed by atoms with Crippen molar-refractivity contribution in [1.82, 2.24) is 5.32 Å². The minimum atomic E-state index is 0.0740. The van der Waals surface area contributed by atoms with Crippen LogP contribution in [0.3, 0.4) is 0 Å². The molecule has 0 bridgehead atoms. The Balaban J connectivity index is 1.63.